The number of aliphatic hydroxyl groups excluding tert-OH is 1. The van der Waals surface area contributed by atoms with E-state index in [1.165, 1.54) is 96.3 Å². The van der Waals surface area contributed by atoms with Gasteiger partial charge in [0.25, 0.3) is 0 Å². The molecule has 24 heavy (non-hydrogen) atoms. The maximum Gasteiger partial charge on any atom is 0.0803 e. The van der Waals surface area contributed by atoms with Crippen molar-refractivity contribution in [1.29, 1.82) is 0 Å². The summed E-state index contributed by atoms with van der Waals surface area (Å²) < 4.78 is 5.61. The molecular weight excluding hydrogens is 296 g/mol. The van der Waals surface area contributed by atoms with Crippen molar-refractivity contribution in [2.45, 2.75) is 129 Å². The molecule has 0 aromatic carbocycles. The zero-order valence-corrected chi connectivity index (χ0v) is 16.9. The summed E-state index contributed by atoms with van der Waals surface area (Å²) in [6.07, 6.45) is 23.4. The minimum absolute atomic E-state index is 0.0568. The third-order valence-electron chi connectivity index (χ3n) is 5.01. The summed E-state index contributed by atoms with van der Waals surface area (Å²) in [5.41, 5.74) is 0. The van der Waals surface area contributed by atoms with E-state index in [1.54, 1.807) is 0 Å². The summed E-state index contributed by atoms with van der Waals surface area (Å²) in [5, 5.41) is 9.04. The number of aliphatic hydroxyl groups is 1. The van der Waals surface area contributed by atoms with Gasteiger partial charge >= 0.3 is 0 Å². The molecule has 0 bridgehead atoms. The highest BCUT2D eigenvalue weighted by atomic mass is 16.5. The highest BCUT2D eigenvalue weighted by Crippen LogP contribution is 2.13. The minimum Gasteiger partial charge on any atom is -0.394 e. The van der Waals surface area contributed by atoms with Crippen LogP contribution in [0.4, 0.5) is 0 Å². The van der Waals surface area contributed by atoms with Crippen molar-refractivity contribution in [2.75, 3.05) is 13.2 Å². The number of rotatable bonds is 20. The maximum atomic E-state index is 9.04. The van der Waals surface area contributed by atoms with Crippen LogP contribution in [0.3, 0.4) is 0 Å². The smallest absolute Gasteiger partial charge is 0.0803 e. The molecule has 0 heterocycles. The van der Waals surface area contributed by atoms with Gasteiger partial charge in [-0.2, -0.15) is 0 Å². The number of ether oxygens (including phenoxy) is 1. The lowest BCUT2D eigenvalue weighted by molar-refractivity contribution is 0.00930. The van der Waals surface area contributed by atoms with Crippen molar-refractivity contribution in [2.24, 2.45) is 0 Å². The van der Waals surface area contributed by atoms with Gasteiger partial charge < -0.3 is 9.84 Å². The Morgan fingerprint density at radius 2 is 0.958 bits per heavy atom. The molecule has 0 saturated carbocycles. The Bertz CT molecular complexity index is 214. The van der Waals surface area contributed by atoms with E-state index in [0.717, 1.165) is 19.4 Å². The predicted molar refractivity (Wildman–Crippen MR) is 107 cm³/mol. The molecule has 146 valence electrons. The van der Waals surface area contributed by atoms with Crippen molar-refractivity contribution >= 4 is 0 Å². The fourth-order valence-electron chi connectivity index (χ4n) is 3.20. The van der Waals surface area contributed by atoms with Crippen LogP contribution in [0.25, 0.3) is 0 Å². The van der Waals surface area contributed by atoms with Gasteiger partial charge in [0.05, 0.1) is 12.7 Å². The van der Waals surface area contributed by atoms with Crippen molar-refractivity contribution in [1.82, 2.24) is 0 Å². The lowest BCUT2D eigenvalue weighted by Gasteiger charge is -2.12. The van der Waals surface area contributed by atoms with Crippen molar-refractivity contribution in [3.63, 3.8) is 0 Å². The van der Waals surface area contributed by atoms with Crippen molar-refractivity contribution in [3.8, 4) is 0 Å². The molecule has 0 fully saturated rings. The number of unbranched alkanes of at least 4 members (excludes halogenated alkanes) is 15. The van der Waals surface area contributed by atoms with Crippen LogP contribution in [-0.4, -0.2) is 24.4 Å². The Labute approximate surface area is 152 Å². The lowest BCUT2D eigenvalue weighted by atomic mass is 10.0. The minimum atomic E-state index is 0.0568. The Morgan fingerprint density at radius 1 is 0.583 bits per heavy atom. The van der Waals surface area contributed by atoms with E-state index in [9.17, 15) is 0 Å². The Morgan fingerprint density at radius 3 is 1.29 bits per heavy atom. The largest absolute Gasteiger partial charge is 0.394 e. The Kier molecular flexibility index (Phi) is 20.9. The summed E-state index contributed by atoms with van der Waals surface area (Å²) in [7, 11) is 0. The van der Waals surface area contributed by atoms with Crippen LogP contribution in [0, 0.1) is 0 Å². The molecule has 0 aromatic heterocycles. The predicted octanol–water partition coefficient (Wildman–Crippen LogP) is 7.04. The molecule has 2 nitrogen and oxygen atoms in total. The molecule has 0 amide bonds. The summed E-state index contributed by atoms with van der Waals surface area (Å²) in [5.74, 6) is 0. The van der Waals surface area contributed by atoms with E-state index in [2.05, 4.69) is 13.8 Å². The molecular formula is C22H46O2. The number of hydrogen-bond acceptors (Lipinski definition) is 2. The second-order valence-electron chi connectivity index (χ2n) is 7.39. The van der Waals surface area contributed by atoms with Gasteiger partial charge in [0.2, 0.25) is 0 Å². The van der Waals surface area contributed by atoms with Gasteiger partial charge in [-0.05, 0) is 12.8 Å². The van der Waals surface area contributed by atoms with E-state index in [-0.39, 0.29) is 12.7 Å². The van der Waals surface area contributed by atoms with Gasteiger partial charge in [-0.25, -0.2) is 0 Å². The van der Waals surface area contributed by atoms with Crippen molar-refractivity contribution in [3.05, 3.63) is 0 Å². The number of hydrogen-bond donors (Lipinski definition) is 1. The molecule has 2 heteroatoms. The van der Waals surface area contributed by atoms with E-state index >= 15 is 0 Å². The van der Waals surface area contributed by atoms with Gasteiger partial charge in [0.15, 0.2) is 0 Å². The van der Waals surface area contributed by atoms with Crippen LogP contribution in [0.5, 0.6) is 0 Å². The first kappa shape index (κ1) is 23.9. The highest BCUT2D eigenvalue weighted by Gasteiger charge is 2.03. The average molecular weight is 343 g/mol. The molecule has 1 atom stereocenters. The van der Waals surface area contributed by atoms with Crippen LogP contribution in [0.15, 0.2) is 0 Å². The molecule has 0 rings (SSSR count). The molecule has 0 aromatic rings. The summed E-state index contributed by atoms with van der Waals surface area (Å²) in [4.78, 5) is 0. The zero-order chi connectivity index (χ0) is 17.7. The molecule has 0 aliphatic carbocycles. The summed E-state index contributed by atoms with van der Waals surface area (Å²) in [6.45, 7) is 5.33. The molecule has 0 spiro atoms. The third kappa shape index (κ3) is 18.3. The summed E-state index contributed by atoms with van der Waals surface area (Å²) >= 11 is 0. The fraction of sp³-hybridized carbons (Fsp3) is 1.00. The first-order chi connectivity index (χ1) is 11.8. The van der Waals surface area contributed by atoms with E-state index in [1.807, 2.05) is 0 Å². The topological polar surface area (TPSA) is 29.5 Å². The zero-order valence-electron chi connectivity index (χ0n) is 16.9. The quantitative estimate of drug-likeness (QED) is 0.240. The average Bonchev–Trinajstić information content (AvgIpc) is 2.61. The Hall–Kier alpha value is -0.0800. The standard InChI is InChI=1S/C22H46O2/c1-3-5-6-7-8-9-10-11-12-13-14-15-16-17-18-19-20-24-22(4-2)21-23/h22-23H,3-21H2,1-2H3/t22-/m0/s1. The molecule has 0 aliphatic heterocycles. The van der Waals surface area contributed by atoms with E-state index < -0.39 is 0 Å². The van der Waals surface area contributed by atoms with Crippen LogP contribution < -0.4 is 0 Å². The van der Waals surface area contributed by atoms with Crippen LogP contribution in [0.2, 0.25) is 0 Å². The molecule has 0 unspecified atom stereocenters. The van der Waals surface area contributed by atoms with E-state index in [0.29, 0.717) is 0 Å². The van der Waals surface area contributed by atoms with Crippen LogP contribution in [-0.2, 0) is 4.74 Å². The fourth-order valence-corrected chi connectivity index (χ4v) is 3.20. The molecule has 0 radical (unpaired) electrons. The first-order valence-corrected chi connectivity index (χ1v) is 11.1. The lowest BCUT2D eigenvalue weighted by Crippen LogP contribution is -2.16. The van der Waals surface area contributed by atoms with Gasteiger partial charge in [-0.1, -0.05) is 110 Å². The molecule has 1 N–H and O–H groups in total. The normalized spacial score (nSPS) is 12.6. The van der Waals surface area contributed by atoms with Gasteiger partial charge in [-0.15, -0.1) is 0 Å². The van der Waals surface area contributed by atoms with Crippen LogP contribution >= 0.6 is 0 Å². The monoisotopic (exact) mass is 342 g/mol. The second kappa shape index (κ2) is 21.0. The second-order valence-corrected chi connectivity index (χ2v) is 7.39. The summed E-state index contributed by atoms with van der Waals surface area (Å²) in [6, 6.07) is 0. The highest BCUT2D eigenvalue weighted by molar-refractivity contribution is 4.53. The van der Waals surface area contributed by atoms with E-state index in [4.69, 9.17) is 9.84 Å². The maximum absolute atomic E-state index is 9.04. The molecule has 0 saturated heterocycles. The molecule has 0 aliphatic rings. The van der Waals surface area contributed by atoms with Gasteiger partial charge in [-0.3, -0.25) is 0 Å². The third-order valence-corrected chi connectivity index (χ3v) is 5.01. The van der Waals surface area contributed by atoms with Gasteiger partial charge in [0, 0.05) is 6.61 Å². The van der Waals surface area contributed by atoms with Crippen molar-refractivity contribution < 1.29 is 9.84 Å². The Balaban J connectivity index is 3.03. The first-order valence-electron chi connectivity index (χ1n) is 11.1. The SMILES string of the molecule is CCCCCCCCCCCCCCCCCCO[C@@H](CC)CO. The van der Waals surface area contributed by atoms with Crippen LogP contribution in [0.1, 0.15) is 123 Å². The van der Waals surface area contributed by atoms with Gasteiger partial charge in [0.1, 0.15) is 0 Å².